The molecule has 1 saturated carbocycles. The molecule has 1 aromatic rings. The predicted octanol–water partition coefficient (Wildman–Crippen LogP) is 1.52. The molecule has 1 aromatic carbocycles. The molecule has 2 amide bonds. The molecule has 25 heavy (non-hydrogen) atoms. The summed E-state index contributed by atoms with van der Waals surface area (Å²) in [6.07, 6.45) is 0.637. The Morgan fingerprint density at radius 1 is 1.32 bits per heavy atom. The van der Waals surface area contributed by atoms with Gasteiger partial charge in [0.15, 0.2) is 0 Å². The van der Waals surface area contributed by atoms with Gasteiger partial charge < -0.3 is 20.1 Å². The van der Waals surface area contributed by atoms with Crippen molar-refractivity contribution in [3.05, 3.63) is 23.8 Å². The zero-order valence-corrected chi connectivity index (χ0v) is 14.5. The second kappa shape index (κ2) is 6.15. The number of carbonyl (C=O) groups excluding carboxylic acids is 2. The molecule has 1 fully saturated rings. The number of anilines is 2. The lowest BCUT2D eigenvalue weighted by atomic mass is 10.1. The monoisotopic (exact) mass is 346 g/mol. The Balaban J connectivity index is 1.79. The Hall–Kier alpha value is -2.41. The molecule has 2 aliphatic rings. The highest BCUT2D eigenvalue weighted by molar-refractivity contribution is 6.02. The zero-order chi connectivity index (χ0) is 18.4. The van der Waals surface area contributed by atoms with Gasteiger partial charge in [-0.3, -0.25) is 14.4 Å². The van der Waals surface area contributed by atoms with Crippen LogP contribution in [0.4, 0.5) is 11.4 Å². The molecule has 0 saturated heterocycles. The summed E-state index contributed by atoms with van der Waals surface area (Å²) in [6.45, 7) is 4.12. The van der Waals surface area contributed by atoms with Gasteiger partial charge in [0.25, 0.3) is 5.91 Å². The van der Waals surface area contributed by atoms with E-state index >= 15 is 0 Å². The normalized spacial score (nSPS) is 23.1. The number of carbonyl (C=O) groups is 3. The summed E-state index contributed by atoms with van der Waals surface area (Å²) in [4.78, 5) is 37.6. The minimum absolute atomic E-state index is 0.00653. The fourth-order valence-corrected chi connectivity index (χ4v) is 3.81. The predicted molar refractivity (Wildman–Crippen MR) is 91.4 cm³/mol. The first-order chi connectivity index (χ1) is 11.8. The molecule has 7 heteroatoms. The van der Waals surface area contributed by atoms with Crippen LogP contribution in [0.2, 0.25) is 0 Å². The largest absolute Gasteiger partial charge is 0.481 e. The summed E-state index contributed by atoms with van der Waals surface area (Å²) >= 11 is 0. The molecular weight excluding hydrogens is 324 g/mol. The van der Waals surface area contributed by atoms with Crippen molar-refractivity contribution >= 4 is 29.2 Å². The number of hydrogen-bond acceptors (Lipinski definition) is 4. The van der Waals surface area contributed by atoms with Gasteiger partial charge in [0, 0.05) is 30.6 Å². The van der Waals surface area contributed by atoms with Crippen LogP contribution < -0.4 is 10.2 Å². The van der Waals surface area contributed by atoms with E-state index in [4.69, 9.17) is 4.74 Å². The number of aliphatic carboxylic acids is 1. The van der Waals surface area contributed by atoms with E-state index in [9.17, 15) is 19.5 Å². The topological polar surface area (TPSA) is 95.9 Å². The highest BCUT2D eigenvalue weighted by atomic mass is 16.5. The summed E-state index contributed by atoms with van der Waals surface area (Å²) in [6, 6.07) is 5.40. The molecule has 134 valence electrons. The molecule has 1 aliphatic heterocycles. The van der Waals surface area contributed by atoms with Gasteiger partial charge in [-0.15, -0.1) is 0 Å². The average molecular weight is 346 g/mol. The van der Waals surface area contributed by atoms with Crippen molar-refractivity contribution in [1.29, 1.82) is 0 Å². The number of hydrogen-bond donors (Lipinski definition) is 2. The number of ether oxygens (including phenoxy) is 1. The number of amides is 2. The molecule has 1 heterocycles. The van der Waals surface area contributed by atoms with Gasteiger partial charge >= 0.3 is 5.97 Å². The van der Waals surface area contributed by atoms with Crippen molar-refractivity contribution in [2.45, 2.75) is 20.3 Å². The highest BCUT2D eigenvalue weighted by Gasteiger charge is 2.65. The number of methoxy groups -OCH3 is 1. The molecule has 2 N–H and O–H groups in total. The van der Waals surface area contributed by atoms with Crippen molar-refractivity contribution in [2.75, 3.05) is 30.5 Å². The molecule has 0 radical (unpaired) electrons. The van der Waals surface area contributed by atoms with E-state index in [0.717, 1.165) is 11.3 Å². The van der Waals surface area contributed by atoms with Crippen LogP contribution in [0.5, 0.6) is 0 Å². The zero-order valence-electron chi connectivity index (χ0n) is 14.5. The number of benzene rings is 1. The smallest absolute Gasteiger partial charge is 0.307 e. The second-order valence-electron chi connectivity index (χ2n) is 7.14. The van der Waals surface area contributed by atoms with E-state index in [1.807, 2.05) is 6.07 Å². The fourth-order valence-electron chi connectivity index (χ4n) is 3.81. The minimum Gasteiger partial charge on any atom is -0.481 e. The lowest BCUT2D eigenvalue weighted by molar-refractivity contribution is -0.140. The van der Waals surface area contributed by atoms with Crippen molar-refractivity contribution < 1.29 is 24.2 Å². The Bertz CT molecular complexity index is 743. The third kappa shape index (κ3) is 2.89. The molecule has 0 aromatic heterocycles. The van der Waals surface area contributed by atoms with Crippen molar-refractivity contribution in [1.82, 2.24) is 0 Å². The van der Waals surface area contributed by atoms with E-state index in [2.05, 4.69) is 5.32 Å². The van der Waals surface area contributed by atoms with Gasteiger partial charge in [0.1, 0.15) is 6.61 Å². The number of carboxylic acids is 1. The molecule has 0 unspecified atom stereocenters. The quantitative estimate of drug-likeness (QED) is 0.843. The lowest BCUT2D eigenvalue weighted by Gasteiger charge is -2.17. The van der Waals surface area contributed by atoms with Gasteiger partial charge in [-0.1, -0.05) is 19.9 Å². The maximum Gasteiger partial charge on any atom is 0.307 e. The van der Waals surface area contributed by atoms with E-state index in [1.54, 1.807) is 30.9 Å². The Labute approximate surface area is 146 Å². The molecule has 1 aliphatic carbocycles. The first kappa shape index (κ1) is 17.4. The summed E-state index contributed by atoms with van der Waals surface area (Å²) in [5, 5.41) is 12.1. The summed E-state index contributed by atoms with van der Waals surface area (Å²) in [5.41, 5.74) is 1.76. The SMILES string of the molecule is COCC(=O)N1CCc2c(NC(=O)[C@@H]3[C@H](C(=O)O)C3(C)C)cccc21. The molecule has 3 rings (SSSR count). The Morgan fingerprint density at radius 2 is 2.04 bits per heavy atom. The summed E-state index contributed by atoms with van der Waals surface area (Å²) in [7, 11) is 1.47. The molecule has 0 bridgehead atoms. The lowest BCUT2D eigenvalue weighted by Crippen LogP contribution is -2.31. The molecular formula is C18H22N2O5. The molecule has 7 nitrogen and oxygen atoms in total. The van der Waals surface area contributed by atoms with Gasteiger partial charge in [-0.05, 0) is 24.0 Å². The first-order valence-corrected chi connectivity index (χ1v) is 8.24. The standard InChI is InChI=1S/C18H22N2O5/c1-18(2)14(15(18)17(23)24)16(22)19-11-5-4-6-12-10(11)7-8-20(12)13(21)9-25-3/h4-6,14-15H,7-9H2,1-3H3,(H,19,22)(H,23,24)/t14-,15+/m0/s1. The molecule has 0 spiro atoms. The highest BCUT2D eigenvalue weighted by Crippen LogP contribution is 2.58. The van der Waals surface area contributed by atoms with E-state index in [-0.39, 0.29) is 18.4 Å². The number of carboxylic acid groups (broad SMARTS) is 1. The summed E-state index contributed by atoms with van der Waals surface area (Å²) in [5.74, 6) is -2.57. The van der Waals surface area contributed by atoms with Crippen LogP contribution >= 0.6 is 0 Å². The maximum atomic E-state index is 12.5. The van der Waals surface area contributed by atoms with Crippen LogP contribution in [0.3, 0.4) is 0 Å². The maximum absolute atomic E-state index is 12.5. The first-order valence-electron chi connectivity index (χ1n) is 8.24. The second-order valence-corrected chi connectivity index (χ2v) is 7.14. The van der Waals surface area contributed by atoms with Crippen LogP contribution in [-0.4, -0.2) is 43.2 Å². The van der Waals surface area contributed by atoms with Crippen molar-refractivity contribution in [2.24, 2.45) is 17.3 Å². The fraction of sp³-hybridized carbons (Fsp3) is 0.500. The van der Waals surface area contributed by atoms with E-state index in [1.165, 1.54) is 7.11 Å². The Kier molecular flexibility index (Phi) is 4.28. The third-order valence-electron chi connectivity index (χ3n) is 5.23. The average Bonchev–Trinajstić information content (AvgIpc) is 2.90. The number of nitrogens with zero attached hydrogens (tertiary/aromatic N) is 1. The van der Waals surface area contributed by atoms with Crippen molar-refractivity contribution in [3.8, 4) is 0 Å². The van der Waals surface area contributed by atoms with Gasteiger partial charge in [-0.25, -0.2) is 0 Å². The van der Waals surface area contributed by atoms with E-state index in [0.29, 0.717) is 18.7 Å². The number of fused-ring (bicyclic) bond motifs is 1. The number of nitrogens with one attached hydrogen (secondary N) is 1. The number of rotatable bonds is 5. The van der Waals surface area contributed by atoms with Crippen LogP contribution in [0, 0.1) is 17.3 Å². The van der Waals surface area contributed by atoms with Gasteiger partial charge in [-0.2, -0.15) is 0 Å². The third-order valence-corrected chi connectivity index (χ3v) is 5.23. The van der Waals surface area contributed by atoms with Crippen LogP contribution in [0.15, 0.2) is 18.2 Å². The van der Waals surface area contributed by atoms with Crippen LogP contribution in [-0.2, 0) is 25.5 Å². The van der Waals surface area contributed by atoms with E-state index < -0.39 is 23.2 Å². The van der Waals surface area contributed by atoms with Gasteiger partial charge in [0.05, 0.1) is 11.8 Å². The van der Waals surface area contributed by atoms with Crippen LogP contribution in [0.1, 0.15) is 19.4 Å². The Morgan fingerprint density at radius 3 is 2.64 bits per heavy atom. The minimum atomic E-state index is -0.945. The van der Waals surface area contributed by atoms with Crippen molar-refractivity contribution in [3.63, 3.8) is 0 Å². The van der Waals surface area contributed by atoms with Gasteiger partial charge in [0.2, 0.25) is 5.91 Å². The van der Waals surface area contributed by atoms with Crippen LogP contribution in [0.25, 0.3) is 0 Å². The molecule has 2 atom stereocenters. The summed E-state index contributed by atoms with van der Waals surface area (Å²) < 4.78 is 4.91.